The monoisotopic (exact) mass is 268 g/mol. The summed E-state index contributed by atoms with van der Waals surface area (Å²) in [6.45, 7) is 8.30. The molecule has 0 saturated heterocycles. The predicted octanol–water partition coefficient (Wildman–Crippen LogP) is 3.54. The highest BCUT2D eigenvalue weighted by Gasteiger charge is 2.28. The molecule has 2 N–H and O–H groups in total. The molecule has 0 bridgehead atoms. The zero-order valence-electron chi connectivity index (χ0n) is 11.9. The minimum Gasteiger partial charge on any atom is -0.329 e. The summed E-state index contributed by atoms with van der Waals surface area (Å²) in [4.78, 5) is 2.34. The third kappa shape index (κ3) is 4.27. The van der Waals surface area contributed by atoms with Crippen molar-refractivity contribution in [3.8, 4) is 0 Å². The van der Waals surface area contributed by atoms with Crippen molar-refractivity contribution >= 4 is 11.6 Å². The maximum Gasteiger partial charge on any atom is 0.0406 e. The van der Waals surface area contributed by atoms with Gasteiger partial charge in [0, 0.05) is 23.7 Å². The highest BCUT2D eigenvalue weighted by atomic mass is 35.5. The lowest BCUT2D eigenvalue weighted by Gasteiger charge is -2.39. The largest absolute Gasteiger partial charge is 0.329 e. The summed E-state index contributed by atoms with van der Waals surface area (Å²) in [5.74, 6) is 0.645. The molecule has 1 rings (SSSR count). The van der Waals surface area contributed by atoms with Crippen LogP contribution in [0.5, 0.6) is 0 Å². The van der Waals surface area contributed by atoms with E-state index in [-0.39, 0.29) is 5.54 Å². The van der Waals surface area contributed by atoms with E-state index >= 15 is 0 Å². The average molecular weight is 269 g/mol. The Balaban J connectivity index is 2.72. The second-order valence-electron chi connectivity index (χ2n) is 5.78. The third-order valence-corrected chi connectivity index (χ3v) is 3.79. The van der Waals surface area contributed by atoms with Crippen molar-refractivity contribution in [2.75, 3.05) is 13.6 Å². The zero-order valence-corrected chi connectivity index (χ0v) is 12.7. The molecule has 18 heavy (non-hydrogen) atoms. The predicted molar refractivity (Wildman–Crippen MR) is 79.8 cm³/mol. The molecule has 0 aliphatic heterocycles. The van der Waals surface area contributed by atoms with Crippen LogP contribution in [0.1, 0.15) is 32.8 Å². The van der Waals surface area contributed by atoms with E-state index in [0.717, 1.165) is 18.0 Å². The lowest BCUT2D eigenvalue weighted by molar-refractivity contribution is 0.111. The molecule has 0 aliphatic rings. The van der Waals surface area contributed by atoms with Crippen molar-refractivity contribution in [2.45, 2.75) is 39.3 Å². The molecule has 0 spiro atoms. The Morgan fingerprint density at radius 3 is 2.28 bits per heavy atom. The number of rotatable bonds is 6. The van der Waals surface area contributed by atoms with Crippen LogP contribution in [0.25, 0.3) is 0 Å². The van der Waals surface area contributed by atoms with Gasteiger partial charge in [-0.25, -0.2) is 0 Å². The first-order valence-electron chi connectivity index (χ1n) is 6.53. The molecule has 0 amide bonds. The second-order valence-corrected chi connectivity index (χ2v) is 6.22. The zero-order chi connectivity index (χ0) is 13.8. The summed E-state index contributed by atoms with van der Waals surface area (Å²) >= 11 is 5.90. The number of nitrogens with zero attached hydrogens (tertiary/aromatic N) is 1. The van der Waals surface area contributed by atoms with Gasteiger partial charge in [-0.15, -0.1) is 0 Å². The smallest absolute Gasteiger partial charge is 0.0406 e. The Hall–Kier alpha value is -0.570. The van der Waals surface area contributed by atoms with Gasteiger partial charge in [-0.05, 0) is 44.0 Å². The Labute approximate surface area is 116 Å². The van der Waals surface area contributed by atoms with Crippen LogP contribution in [0.15, 0.2) is 24.3 Å². The van der Waals surface area contributed by atoms with Crippen molar-refractivity contribution in [2.24, 2.45) is 11.7 Å². The minimum atomic E-state index is 0.0494. The van der Waals surface area contributed by atoms with Crippen molar-refractivity contribution < 1.29 is 0 Å². The van der Waals surface area contributed by atoms with Gasteiger partial charge in [0.1, 0.15) is 0 Å². The molecule has 0 radical (unpaired) electrons. The fourth-order valence-electron chi connectivity index (χ4n) is 2.33. The molecule has 0 aromatic heterocycles. The van der Waals surface area contributed by atoms with Gasteiger partial charge >= 0.3 is 0 Å². The lowest BCUT2D eigenvalue weighted by Crippen LogP contribution is -2.50. The first-order chi connectivity index (χ1) is 8.37. The topological polar surface area (TPSA) is 29.3 Å². The molecule has 102 valence electrons. The summed E-state index contributed by atoms with van der Waals surface area (Å²) in [7, 11) is 2.14. The van der Waals surface area contributed by atoms with Crippen LogP contribution in [0, 0.1) is 5.92 Å². The summed E-state index contributed by atoms with van der Waals surface area (Å²) in [6.07, 6.45) is 1.10. The fourth-order valence-corrected chi connectivity index (χ4v) is 2.46. The molecular formula is C15H25ClN2. The van der Waals surface area contributed by atoms with E-state index in [9.17, 15) is 0 Å². The Morgan fingerprint density at radius 1 is 1.28 bits per heavy atom. The van der Waals surface area contributed by atoms with Crippen LogP contribution in [-0.2, 0) is 6.54 Å². The number of hydrogen-bond donors (Lipinski definition) is 1. The molecule has 3 heteroatoms. The molecule has 1 unspecified atom stereocenters. The van der Waals surface area contributed by atoms with Crippen LogP contribution in [0.2, 0.25) is 5.02 Å². The van der Waals surface area contributed by atoms with Crippen LogP contribution in [-0.4, -0.2) is 24.0 Å². The first-order valence-corrected chi connectivity index (χ1v) is 6.91. The summed E-state index contributed by atoms with van der Waals surface area (Å²) in [5.41, 5.74) is 7.29. The second kappa shape index (κ2) is 6.55. The number of hydrogen-bond acceptors (Lipinski definition) is 2. The first kappa shape index (κ1) is 15.5. The van der Waals surface area contributed by atoms with E-state index in [1.165, 1.54) is 5.56 Å². The van der Waals surface area contributed by atoms with E-state index in [1.807, 2.05) is 12.1 Å². The van der Waals surface area contributed by atoms with Gasteiger partial charge in [-0.2, -0.15) is 0 Å². The quantitative estimate of drug-likeness (QED) is 0.855. The van der Waals surface area contributed by atoms with Crippen molar-refractivity contribution in [3.05, 3.63) is 34.9 Å². The van der Waals surface area contributed by atoms with Gasteiger partial charge < -0.3 is 5.73 Å². The van der Waals surface area contributed by atoms with Gasteiger partial charge in [-0.3, -0.25) is 4.90 Å². The summed E-state index contributed by atoms with van der Waals surface area (Å²) < 4.78 is 0. The number of benzene rings is 1. The van der Waals surface area contributed by atoms with E-state index in [2.05, 4.69) is 44.9 Å². The minimum absolute atomic E-state index is 0.0494. The Morgan fingerprint density at radius 2 is 1.83 bits per heavy atom. The van der Waals surface area contributed by atoms with Crippen molar-refractivity contribution in [3.63, 3.8) is 0 Å². The molecular weight excluding hydrogens is 244 g/mol. The van der Waals surface area contributed by atoms with Crippen LogP contribution in [0.3, 0.4) is 0 Å². The van der Waals surface area contributed by atoms with E-state index in [1.54, 1.807) is 0 Å². The average Bonchev–Trinajstić information content (AvgIpc) is 2.31. The van der Waals surface area contributed by atoms with Crippen molar-refractivity contribution in [1.29, 1.82) is 0 Å². The lowest BCUT2D eigenvalue weighted by atomic mass is 9.89. The maximum atomic E-state index is 5.97. The summed E-state index contributed by atoms with van der Waals surface area (Å²) in [5, 5.41) is 0.783. The van der Waals surface area contributed by atoms with Gasteiger partial charge in [-0.1, -0.05) is 37.6 Å². The molecule has 1 aromatic rings. The molecule has 1 aromatic carbocycles. The maximum absolute atomic E-state index is 5.97. The molecule has 2 nitrogen and oxygen atoms in total. The van der Waals surface area contributed by atoms with Gasteiger partial charge in [0.05, 0.1) is 0 Å². The van der Waals surface area contributed by atoms with Crippen LogP contribution >= 0.6 is 11.6 Å². The number of nitrogens with two attached hydrogens (primary N) is 1. The van der Waals surface area contributed by atoms with Gasteiger partial charge in [0.25, 0.3) is 0 Å². The van der Waals surface area contributed by atoms with E-state index < -0.39 is 0 Å². The molecule has 0 fully saturated rings. The highest BCUT2D eigenvalue weighted by molar-refractivity contribution is 6.30. The van der Waals surface area contributed by atoms with Crippen molar-refractivity contribution in [1.82, 2.24) is 4.90 Å². The van der Waals surface area contributed by atoms with Gasteiger partial charge in [0.15, 0.2) is 0 Å². The SMILES string of the molecule is CC(C)CC(C)(CN)N(C)Cc1ccc(Cl)cc1. The summed E-state index contributed by atoms with van der Waals surface area (Å²) in [6, 6.07) is 8.02. The van der Waals surface area contributed by atoms with E-state index in [0.29, 0.717) is 12.5 Å². The van der Waals surface area contributed by atoms with Crippen LogP contribution < -0.4 is 5.73 Å². The molecule has 0 saturated carbocycles. The van der Waals surface area contributed by atoms with Crippen LogP contribution in [0.4, 0.5) is 0 Å². The normalized spacial score (nSPS) is 15.1. The highest BCUT2D eigenvalue weighted by Crippen LogP contribution is 2.23. The standard InChI is InChI=1S/C15H25ClN2/c1-12(2)9-15(3,11-17)18(4)10-13-5-7-14(16)8-6-13/h5-8,12H,9-11,17H2,1-4H3. The number of halogens is 1. The fraction of sp³-hybridized carbons (Fsp3) is 0.600. The third-order valence-electron chi connectivity index (χ3n) is 3.54. The Bertz CT molecular complexity index is 361. The molecule has 0 aliphatic carbocycles. The number of likely N-dealkylation sites (N-methyl/N-ethyl adjacent to an activating group) is 1. The van der Waals surface area contributed by atoms with Gasteiger partial charge in [0.2, 0.25) is 0 Å². The Kier molecular flexibility index (Phi) is 5.64. The molecule has 0 heterocycles. The molecule has 1 atom stereocenters. The van der Waals surface area contributed by atoms with E-state index in [4.69, 9.17) is 17.3 Å².